The van der Waals surface area contributed by atoms with E-state index in [1.54, 1.807) is 24.3 Å². The van der Waals surface area contributed by atoms with Crippen LogP contribution in [-0.2, 0) is 0 Å². The predicted molar refractivity (Wildman–Crippen MR) is 99.4 cm³/mol. The van der Waals surface area contributed by atoms with Gasteiger partial charge in [0, 0.05) is 11.1 Å². The molecule has 3 rings (SSSR count). The smallest absolute Gasteiger partial charge is 0.256 e. The number of benzene rings is 2. The molecule has 0 atom stereocenters. The number of nitrogens with zero attached hydrogens (tertiary/aromatic N) is 2. The van der Waals surface area contributed by atoms with E-state index in [1.165, 1.54) is 5.56 Å². The molecule has 0 radical (unpaired) electrons. The highest BCUT2D eigenvalue weighted by molar-refractivity contribution is 6.05. The van der Waals surface area contributed by atoms with Gasteiger partial charge in [-0.05, 0) is 79.5 Å². The fourth-order valence-electron chi connectivity index (χ4n) is 2.49. The maximum Gasteiger partial charge on any atom is 0.256 e. The van der Waals surface area contributed by atoms with E-state index >= 15 is 0 Å². The van der Waals surface area contributed by atoms with Crippen molar-refractivity contribution in [1.82, 2.24) is 10.3 Å². The van der Waals surface area contributed by atoms with Gasteiger partial charge in [0.15, 0.2) is 5.69 Å². The van der Waals surface area contributed by atoms with Crippen molar-refractivity contribution in [2.75, 3.05) is 5.32 Å². The van der Waals surface area contributed by atoms with Gasteiger partial charge in [0.25, 0.3) is 5.91 Å². The van der Waals surface area contributed by atoms with Crippen LogP contribution in [0.2, 0.25) is 0 Å². The van der Waals surface area contributed by atoms with Crippen LogP contribution < -0.4 is 10.1 Å². The molecule has 0 saturated carbocycles. The first-order valence-electron chi connectivity index (χ1n) is 8.42. The fourth-order valence-corrected chi connectivity index (χ4v) is 2.49. The van der Waals surface area contributed by atoms with Crippen molar-refractivity contribution in [2.45, 2.75) is 33.8 Å². The zero-order valence-electron chi connectivity index (χ0n) is 15.2. The SMILES string of the molecule is Cc1ccc(-c2nonc2NC(=O)c2ccc(OC(C)C)cc2)cc1C. The molecule has 0 aliphatic rings. The standard InChI is InChI=1S/C20H21N3O3/c1-12(2)25-17-9-7-15(8-10-17)20(24)21-19-18(22-26-23-19)16-6-5-13(3)14(4)11-16/h5-12H,1-4H3,(H,21,23,24). The summed E-state index contributed by atoms with van der Waals surface area (Å²) in [5.41, 5.74) is 4.14. The Morgan fingerprint density at radius 2 is 1.77 bits per heavy atom. The number of rotatable bonds is 5. The number of nitrogens with one attached hydrogen (secondary N) is 1. The lowest BCUT2D eigenvalue weighted by atomic mass is 10.0. The molecule has 3 aromatic rings. The zero-order chi connectivity index (χ0) is 18.7. The Balaban J connectivity index is 1.78. The molecule has 1 N–H and O–H groups in total. The number of ether oxygens (including phenoxy) is 1. The summed E-state index contributed by atoms with van der Waals surface area (Å²) < 4.78 is 10.4. The van der Waals surface area contributed by atoms with E-state index in [0.717, 1.165) is 16.9 Å². The molecule has 6 heteroatoms. The number of amides is 1. The number of anilines is 1. The topological polar surface area (TPSA) is 77.3 Å². The van der Waals surface area contributed by atoms with Crippen LogP contribution in [0.4, 0.5) is 5.82 Å². The number of hydrogen-bond donors (Lipinski definition) is 1. The molecular formula is C20H21N3O3. The molecule has 0 fully saturated rings. The first-order valence-corrected chi connectivity index (χ1v) is 8.42. The lowest BCUT2D eigenvalue weighted by Crippen LogP contribution is -2.13. The largest absolute Gasteiger partial charge is 0.491 e. The molecular weight excluding hydrogens is 330 g/mol. The van der Waals surface area contributed by atoms with Crippen LogP contribution in [0, 0.1) is 13.8 Å². The Hall–Kier alpha value is -3.15. The van der Waals surface area contributed by atoms with Crippen molar-refractivity contribution in [1.29, 1.82) is 0 Å². The maximum atomic E-state index is 12.5. The van der Waals surface area contributed by atoms with Gasteiger partial charge in [-0.1, -0.05) is 12.1 Å². The van der Waals surface area contributed by atoms with Gasteiger partial charge in [-0.25, -0.2) is 4.63 Å². The van der Waals surface area contributed by atoms with Crippen LogP contribution in [0.1, 0.15) is 35.3 Å². The van der Waals surface area contributed by atoms with Crippen molar-refractivity contribution < 1.29 is 14.2 Å². The first kappa shape index (κ1) is 17.7. The van der Waals surface area contributed by atoms with Crippen LogP contribution in [0.3, 0.4) is 0 Å². The Kier molecular flexibility index (Phi) is 5.02. The monoisotopic (exact) mass is 351 g/mol. The lowest BCUT2D eigenvalue weighted by molar-refractivity contribution is 0.102. The van der Waals surface area contributed by atoms with Gasteiger partial charge >= 0.3 is 0 Å². The quantitative estimate of drug-likeness (QED) is 0.737. The molecule has 1 aromatic heterocycles. The van der Waals surface area contributed by atoms with E-state index in [9.17, 15) is 4.79 Å². The van der Waals surface area contributed by atoms with Gasteiger partial charge in [0.2, 0.25) is 5.82 Å². The zero-order valence-corrected chi connectivity index (χ0v) is 15.2. The highest BCUT2D eigenvalue weighted by Gasteiger charge is 2.16. The normalized spacial score (nSPS) is 10.8. The summed E-state index contributed by atoms with van der Waals surface area (Å²) in [5.74, 6) is 0.720. The van der Waals surface area contributed by atoms with E-state index in [1.807, 2.05) is 45.9 Å². The number of aryl methyl sites for hydroxylation is 2. The molecule has 0 aliphatic heterocycles. The molecule has 0 saturated heterocycles. The molecule has 26 heavy (non-hydrogen) atoms. The predicted octanol–water partition coefficient (Wildman–Crippen LogP) is 4.39. The van der Waals surface area contributed by atoms with E-state index in [-0.39, 0.29) is 12.0 Å². The minimum absolute atomic E-state index is 0.0800. The Morgan fingerprint density at radius 3 is 2.42 bits per heavy atom. The van der Waals surface area contributed by atoms with Crippen molar-refractivity contribution in [3.63, 3.8) is 0 Å². The molecule has 0 spiro atoms. The Morgan fingerprint density at radius 1 is 1.04 bits per heavy atom. The summed E-state index contributed by atoms with van der Waals surface area (Å²) in [6.07, 6.45) is 0.0800. The summed E-state index contributed by atoms with van der Waals surface area (Å²) in [6, 6.07) is 12.9. The average molecular weight is 351 g/mol. The van der Waals surface area contributed by atoms with Crippen LogP contribution in [0.25, 0.3) is 11.3 Å². The van der Waals surface area contributed by atoms with Crippen LogP contribution >= 0.6 is 0 Å². The molecule has 6 nitrogen and oxygen atoms in total. The second-order valence-corrected chi connectivity index (χ2v) is 6.41. The highest BCUT2D eigenvalue weighted by atomic mass is 16.6. The van der Waals surface area contributed by atoms with E-state index in [2.05, 4.69) is 15.6 Å². The number of carbonyl (C=O) groups excluding carboxylic acids is 1. The molecule has 1 amide bonds. The average Bonchev–Trinajstić information content (AvgIpc) is 3.05. The number of aromatic nitrogens is 2. The summed E-state index contributed by atoms with van der Waals surface area (Å²) in [7, 11) is 0. The number of carbonyl (C=O) groups is 1. The van der Waals surface area contributed by atoms with E-state index < -0.39 is 0 Å². The molecule has 1 heterocycles. The molecule has 134 valence electrons. The van der Waals surface area contributed by atoms with E-state index in [4.69, 9.17) is 9.37 Å². The van der Waals surface area contributed by atoms with Crippen LogP contribution in [0.15, 0.2) is 47.1 Å². The Bertz CT molecular complexity index is 914. The second-order valence-electron chi connectivity index (χ2n) is 6.41. The second kappa shape index (κ2) is 7.39. The van der Waals surface area contributed by atoms with E-state index in [0.29, 0.717) is 17.1 Å². The van der Waals surface area contributed by atoms with Crippen molar-refractivity contribution in [2.24, 2.45) is 0 Å². The van der Waals surface area contributed by atoms with Crippen molar-refractivity contribution >= 4 is 11.7 Å². The van der Waals surface area contributed by atoms with Gasteiger partial charge in [0.1, 0.15) is 5.75 Å². The molecule has 2 aromatic carbocycles. The maximum absolute atomic E-state index is 12.5. The van der Waals surface area contributed by atoms with Gasteiger partial charge in [-0.15, -0.1) is 0 Å². The fraction of sp³-hybridized carbons (Fsp3) is 0.250. The van der Waals surface area contributed by atoms with Crippen LogP contribution in [0.5, 0.6) is 5.75 Å². The van der Waals surface area contributed by atoms with Crippen molar-refractivity contribution in [3.05, 3.63) is 59.2 Å². The van der Waals surface area contributed by atoms with Gasteiger partial charge in [0.05, 0.1) is 6.10 Å². The third kappa shape index (κ3) is 3.91. The van der Waals surface area contributed by atoms with Crippen molar-refractivity contribution in [3.8, 4) is 17.0 Å². The van der Waals surface area contributed by atoms with Gasteiger partial charge in [-0.3, -0.25) is 4.79 Å². The summed E-state index contributed by atoms with van der Waals surface area (Å²) in [4.78, 5) is 12.5. The first-order chi connectivity index (χ1) is 12.4. The lowest BCUT2D eigenvalue weighted by Gasteiger charge is -2.10. The van der Waals surface area contributed by atoms with Gasteiger partial charge in [-0.2, -0.15) is 0 Å². The Labute approximate surface area is 152 Å². The molecule has 0 aliphatic carbocycles. The summed E-state index contributed by atoms with van der Waals surface area (Å²) in [5, 5.41) is 10.5. The minimum atomic E-state index is -0.290. The third-order valence-corrected chi connectivity index (χ3v) is 3.99. The minimum Gasteiger partial charge on any atom is -0.491 e. The number of hydrogen-bond acceptors (Lipinski definition) is 5. The molecule has 0 bridgehead atoms. The summed E-state index contributed by atoms with van der Waals surface area (Å²) in [6.45, 7) is 7.96. The summed E-state index contributed by atoms with van der Waals surface area (Å²) >= 11 is 0. The third-order valence-electron chi connectivity index (χ3n) is 3.99. The highest BCUT2D eigenvalue weighted by Crippen LogP contribution is 2.26. The molecule has 0 unspecified atom stereocenters. The van der Waals surface area contributed by atoms with Gasteiger partial charge < -0.3 is 10.1 Å². The van der Waals surface area contributed by atoms with Crippen LogP contribution in [-0.4, -0.2) is 22.3 Å².